The number of H-pyrrole nitrogens is 1. The molecule has 0 spiro atoms. The predicted octanol–water partition coefficient (Wildman–Crippen LogP) is 1.00. The molecule has 144 valence electrons. The zero-order valence-electron chi connectivity index (χ0n) is 15.5. The molecule has 0 amide bonds. The van der Waals surface area contributed by atoms with Crippen LogP contribution in [0.5, 0.6) is 11.5 Å². The summed E-state index contributed by atoms with van der Waals surface area (Å²) in [4.78, 5) is 12.9. The third kappa shape index (κ3) is 3.85. The average Bonchev–Trinajstić information content (AvgIpc) is 3.10. The second kappa shape index (κ2) is 7.62. The van der Waals surface area contributed by atoms with Crippen molar-refractivity contribution in [2.45, 2.75) is 26.4 Å². The van der Waals surface area contributed by atoms with Gasteiger partial charge in [-0.05, 0) is 31.5 Å². The van der Waals surface area contributed by atoms with Crippen LogP contribution >= 0.6 is 0 Å². The lowest BCUT2D eigenvalue weighted by Gasteiger charge is -2.27. The number of aromatic amines is 1. The van der Waals surface area contributed by atoms with Crippen LogP contribution in [0, 0.1) is 0 Å². The number of phenolic OH excluding ortho intramolecular Hbond substituents is 2. The maximum absolute atomic E-state index is 9.71. The number of aromatic nitrogens is 5. The first kappa shape index (κ1) is 18.6. The van der Waals surface area contributed by atoms with Crippen molar-refractivity contribution in [2.75, 3.05) is 30.0 Å². The smallest absolute Gasteiger partial charge is 0.229 e. The second-order valence-electron chi connectivity index (χ2n) is 6.55. The van der Waals surface area contributed by atoms with E-state index in [2.05, 4.69) is 25.4 Å². The quantitative estimate of drug-likeness (QED) is 0.447. The van der Waals surface area contributed by atoms with Gasteiger partial charge in [-0.3, -0.25) is 5.10 Å². The number of fused-ring (bicyclic) bond motifs is 1. The standard InChI is InChI=1S/C17H23N7O3/c1-10(2)24(6-7-25)17-18-15-14(20-22-21-15)16(19-17)23(3)9-11-4-5-12(26)13(27)8-11/h4-5,8,10,25-27H,6-7,9H2,1-3H3,(H,18,19,20,21,22). The largest absolute Gasteiger partial charge is 0.504 e. The molecule has 27 heavy (non-hydrogen) atoms. The highest BCUT2D eigenvalue weighted by molar-refractivity contribution is 5.83. The number of phenols is 2. The minimum absolute atomic E-state index is 0.0175. The topological polar surface area (TPSA) is 135 Å². The Hall–Kier alpha value is -3.14. The van der Waals surface area contributed by atoms with Crippen LogP contribution in [0.2, 0.25) is 0 Å². The molecule has 0 radical (unpaired) electrons. The number of aromatic hydroxyl groups is 2. The summed E-state index contributed by atoms with van der Waals surface area (Å²) in [7, 11) is 1.85. The van der Waals surface area contributed by atoms with Gasteiger partial charge in [-0.2, -0.15) is 9.97 Å². The predicted molar refractivity (Wildman–Crippen MR) is 101 cm³/mol. The summed E-state index contributed by atoms with van der Waals surface area (Å²) in [5, 5.41) is 39.2. The van der Waals surface area contributed by atoms with E-state index in [1.54, 1.807) is 6.07 Å². The Kier molecular flexibility index (Phi) is 5.26. The molecular weight excluding hydrogens is 350 g/mol. The van der Waals surface area contributed by atoms with Crippen LogP contribution in [0.4, 0.5) is 11.8 Å². The second-order valence-corrected chi connectivity index (χ2v) is 6.55. The van der Waals surface area contributed by atoms with E-state index in [4.69, 9.17) is 0 Å². The number of nitrogens with zero attached hydrogens (tertiary/aromatic N) is 6. The van der Waals surface area contributed by atoms with Crippen molar-refractivity contribution in [2.24, 2.45) is 0 Å². The van der Waals surface area contributed by atoms with Gasteiger partial charge in [-0.25, -0.2) is 0 Å². The lowest BCUT2D eigenvalue weighted by atomic mass is 10.2. The third-order valence-corrected chi connectivity index (χ3v) is 4.21. The molecule has 0 unspecified atom stereocenters. The number of aliphatic hydroxyl groups excluding tert-OH is 1. The molecule has 0 aliphatic carbocycles. The zero-order valence-corrected chi connectivity index (χ0v) is 15.5. The Balaban J connectivity index is 1.98. The molecule has 0 saturated heterocycles. The number of benzene rings is 1. The van der Waals surface area contributed by atoms with Crippen LogP contribution in [0.15, 0.2) is 18.2 Å². The van der Waals surface area contributed by atoms with Crippen molar-refractivity contribution in [3.05, 3.63) is 23.8 Å². The minimum atomic E-state index is -0.174. The maximum atomic E-state index is 9.71. The van der Waals surface area contributed by atoms with E-state index in [9.17, 15) is 15.3 Å². The summed E-state index contributed by atoms with van der Waals surface area (Å²) in [6, 6.07) is 4.76. The highest BCUT2D eigenvalue weighted by Gasteiger charge is 2.20. The Morgan fingerprint density at radius 1 is 1.15 bits per heavy atom. The first-order valence-corrected chi connectivity index (χ1v) is 8.59. The minimum Gasteiger partial charge on any atom is -0.504 e. The summed E-state index contributed by atoms with van der Waals surface area (Å²) >= 11 is 0. The van der Waals surface area contributed by atoms with Crippen molar-refractivity contribution in [3.63, 3.8) is 0 Å². The molecule has 2 heterocycles. The summed E-state index contributed by atoms with van der Waals surface area (Å²) < 4.78 is 0. The molecule has 4 N–H and O–H groups in total. The van der Waals surface area contributed by atoms with Gasteiger partial charge in [-0.1, -0.05) is 11.3 Å². The summed E-state index contributed by atoms with van der Waals surface area (Å²) in [5.74, 6) is 0.709. The van der Waals surface area contributed by atoms with E-state index in [1.165, 1.54) is 12.1 Å². The molecule has 3 aromatic rings. The highest BCUT2D eigenvalue weighted by Crippen LogP contribution is 2.28. The molecule has 3 rings (SSSR count). The van der Waals surface area contributed by atoms with Gasteiger partial charge in [0.25, 0.3) is 0 Å². The Morgan fingerprint density at radius 3 is 2.59 bits per heavy atom. The van der Waals surface area contributed by atoms with Gasteiger partial charge >= 0.3 is 0 Å². The van der Waals surface area contributed by atoms with Crippen molar-refractivity contribution < 1.29 is 15.3 Å². The van der Waals surface area contributed by atoms with Crippen molar-refractivity contribution >= 4 is 22.9 Å². The molecule has 0 saturated carbocycles. The van der Waals surface area contributed by atoms with E-state index < -0.39 is 0 Å². The van der Waals surface area contributed by atoms with Gasteiger partial charge < -0.3 is 25.1 Å². The molecule has 0 bridgehead atoms. The molecule has 10 heteroatoms. The van der Waals surface area contributed by atoms with Gasteiger partial charge in [-0.15, -0.1) is 5.10 Å². The fourth-order valence-corrected chi connectivity index (χ4v) is 2.84. The summed E-state index contributed by atoms with van der Waals surface area (Å²) in [6.45, 7) is 4.80. The van der Waals surface area contributed by atoms with E-state index in [0.29, 0.717) is 36.0 Å². The number of rotatable bonds is 7. The summed E-state index contributed by atoms with van der Waals surface area (Å²) in [5.41, 5.74) is 1.82. The average molecular weight is 373 g/mol. The number of aliphatic hydroxyl groups is 1. The lowest BCUT2D eigenvalue weighted by Crippen LogP contribution is -2.35. The monoisotopic (exact) mass is 373 g/mol. The first-order valence-electron chi connectivity index (χ1n) is 8.59. The summed E-state index contributed by atoms with van der Waals surface area (Å²) in [6.07, 6.45) is 0. The fraction of sp³-hybridized carbons (Fsp3) is 0.412. The fourth-order valence-electron chi connectivity index (χ4n) is 2.84. The number of hydrogen-bond acceptors (Lipinski definition) is 9. The number of hydrogen-bond donors (Lipinski definition) is 4. The highest BCUT2D eigenvalue weighted by atomic mass is 16.3. The van der Waals surface area contributed by atoms with Crippen LogP contribution < -0.4 is 9.80 Å². The zero-order chi connectivity index (χ0) is 19.6. The normalized spacial score (nSPS) is 11.3. The molecule has 0 atom stereocenters. The number of nitrogens with one attached hydrogen (secondary N) is 1. The molecule has 2 aromatic heterocycles. The van der Waals surface area contributed by atoms with Gasteiger partial charge in [0.15, 0.2) is 17.3 Å². The molecule has 0 aliphatic heterocycles. The van der Waals surface area contributed by atoms with E-state index >= 15 is 0 Å². The van der Waals surface area contributed by atoms with E-state index in [-0.39, 0.29) is 24.1 Å². The maximum Gasteiger partial charge on any atom is 0.229 e. The Bertz CT molecular complexity index is 928. The van der Waals surface area contributed by atoms with Crippen LogP contribution in [0.25, 0.3) is 11.2 Å². The van der Waals surface area contributed by atoms with E-state index in [0.717, 1.165) is 5.56 Å². The van der Waals surface area contributed by atoms with Crippen LogP contribution in [0.3, 0.4) is 0 Å². The van der Waals surface area contributed by atoms with Crippen LogP contribution in [-0.4, -0.2) is 66.9 Å². The molecule has 0 fully saturated rings. The van der Waals surface area contributed by atoms with Gasteiger partial charge in [0, 0.05) is 26.2 Å². The van der Waals surface area contributed by atoms with Gasteiger partial charge in [0.2, 0.25) is 11.6 Å². The van der Waals surface area contributed by atoms with Crippen molar-refractivity contribution in [1.29, 1.82) is 0 Å². The van der Waals surface area contributed by atoms with Crippen LogP contribution in [0.1, 0.15) is 19.4 Å². The van der Waals surface area contributed by atoms with Gasteiger partial charge in [0.1, 0.15) is 5.52 Å². The van der Waals surface area contributed by atoms with Crippen LogP contribution in [-0.2, 0) is 6.54 Å². The van der Waals surface area contributed by atoms with Gasteiger partial charge in [0.05, 0.1) is 6.61 Å². The molecular formula is C17H23N7O3. The third-order valence-electron chi connectivity index (χ3n) is 4.21. The molecule has 0 aliphatic rings. The Morgan fingerprint density at radius 2 is 1.93 bits per heavy atom. The van der Waals surface area contributed by atoms with Crippen molar-refractivity contribution in [1.82, 2.24) is 25.4 Å². The molecule has 10 nitrogen and oxygen atoms in total. The lowest BCUT2D eigenvalue weighted by molar-refractivity contribution is 0.298. The van der Waals surface area contributed by atoms with E-state index in [1.807, 2.05) is 30.7 Å². The Labute approximate surface area is 156 Å². The SMILES string of the molecule is CC(C)N(CCO)c1nc(N(C)Cc2ccc(O)c(O)c2)c2[nH]nnc2n1. The first-order chi connectivity index (χ1) is 12.9. The molecule has 1 aromatic carbocycles. The number of anilines is 2. The van der Waals surface area contributed by atoms with Crippen molar-refractivity contribution in [3.8, 4) is 11.5 Å².